The minimum Gasteiger partial charge on any atom is -0.381 e. The number of benzene rings is 2. The van der Waals surface area contributed by atoms with Gasteiger partial charge >= 0.3 is 0 Å². The second-order valence-corrected chi connectivity index (χ2v) is 9.82. The van der Waals surface area contributed by atoms with Crippen molar-refractivity contribution in [1.29, 1.82) is 0 Å². The minimum atomic E-state index is 0.0384. The van der Waals surface area contributed by atoms with Crippen LogP contribution in [0, 0.1) is 17.3 Å². The molecule has 0 aliphatic carbocycles. The van der Waals surface area contributed by atoms with Crippen LogP contribution in [-0.2, 0) is 20.7 Å². The lowest BCUT2D eigenvalue weighted by molar-refractivity contribution is -0.138. The van der Waals surface area contributed by atoms with Gasteiger partial charge in [0.25, 0.3) is 0 Å². The zero-order valence-electron chi connectivity index (χ0n) is 19.1. The van der Waals surface area contributed by atoms with Gasteiger partial charge in [-0.3, -0.25) is 9.59 Å². The Morgan fingerprint density at radius 2 is 1.61 bits per heavy atom. The van der Waals surface area contributed by atoms with Gasteiger partial charge in [-0.15, -0.1) is 0 Å². The molecule has 1 unspecified atom stereocenters. The monoisotopic (exact) mass is 447 g/mol. The third-order valence-corrected chi connectivity index (χ3v) is 7.58. The van der Waals surface area contributed by atoms with Gasteiger partial charge in [0, 0.05) is 68.9 Å². The van der Waals surface area contributed by atoms with Crippen molar-refractivity contribution in [1.82, 2.24) is 10.2 Å². The summed E-state index contributed by atoms with van der Waals surface area (Å²) in [5, 5.41) is 3.17. The summed E-state index contributed by atoms with van der Waals surface area (Å²) < 4.78 is 5.46. The van der Waals surface area contributed by atoms with Crippen molar-refractivity contribution < 1.29 is 14.3 Å². The highest BCUT2D eigenvalue weighted by molar-refractivity contribution is 5.80. The van der Waals surface area contributed by atoms with Crippen LogP contribution in [-0.4, -0.2) is 62.7 Å². The third kappa shape index (κ3) is 4.76. The van der Waals surface area contributed by atoms with Crippen molar-refractivity contribution >= 4 is 17.5 Å². The molecule has 5 rings (SSSR count). The molecule has 6 nitrogen and oxygen atoms in total. The Hall–Kier alpha value is -2.86. The second kappa shape index (κ2) is 9.56. The molecule has 1 N–H and O–H groups in total. The maximum absolute atomic E-state index is 13.3. The van der Waals surface area contributed by atoms with E-state index < -0.39 is 0 Å². The van der Waals surface area contributed by atoms with Gasteiger partial charge in [-0.25, -0.2) is 0 Å². The number of nitrogens with zero attached hydrogens (tertiary/aromatic N) is 2. The van der Waals surface area contributed by atoms with Gasteiger partial charge in [0.15, 0.2) is 0 Å². The Morgan fingerprint density at radius 1 is 0.939 bits per heavy atom. The maximum Gasteiger partial charge on any atom is 0.225 e. The SMILES string of the molecule is O=C(Cc1ccccc1)NCC1CN(C(=O)C2CCOCC2)CC12CN(c1ccccc1)C2. The Morgan fingerprint density at radius 3 is 2.30 bits per heavy atom. The van der Waals surface area contributed by atoms with Crippen LogP contribution in [0.15, 0.2) is 60.7 Å². The average molecular weight is 448 g/mol. The number of nitrogens with one attached hydrogen (secondary N) is 1. The van der Waals surface area contributed by atoms with Gasteiger partial charge in [-0.1, -0.05) is 48.5 Å². The van der Waals surface area contributed by atoms with Crippen LogP contribution in [0.2, 0.25) is 0 Å². The second-order valence-electron chi connectivity index (χ2n) is 9.82. The molecule has 2 amide bonds. The molecule has 3 heterocycles. The van der Waals surface area contributed by atoms with Crippen molar-refractivity contribution in [3.63, 3.8) is 0 Å². The first-order valence-corrected chi connectivity index (χ1v) is 12.1. The molecule has 174 valence electrons. The van der Waals surface area contributed by atoms with E-state index in [4.69, 9.17) is 4.74 Å². The number of ether oxygens (including phenoxy) is 1. The van der Waals surface area contributed by atoms with E-state index in [1.807, 2.05) is 36.4 Å². The lowest BCUT2D eigenvalue weighted by Crippen LogP contribution is -2.62. The molecule has 0 aromatic heterocycles. The topological polar surface area (TPSA) is 61.9 Å². The van der Waals surface area contributed by atoms with Crippen LogP contribution in [0.3, 0.4) is 0 Å². The molecular weight excluding hydrogens is 414 g/mol. The highest BCUT2D eigenvalue weighted by atomic mass is 16.5. The van der Waals surface area contributed by atoms with E-state index in [2.05, 4.69) is 39.4 Å². The minimum absolute atomic E-state index is 0.0384. The van der Waals surface area contributed by atoms with Crippen LogP contribution >= 0.6 is 0 Å². The molecule has 3 aliphatic heterocycles. The predicted octanol–water partition coefficient (Wildman–Crippen LogP) is 2.74. The molecule has 3 aliphatic rings. The maximum atomic E-state index is 13.3. The number of carbonyl (C=O) groups excluding carboxylic acids is 2. The molecule has 2 aromatic carbocycles. The largest absolute Gasteiger partial charge is 0.381 e. The fourth-order valence-corrected chi connectivity index (χ4v) is 5.66. The number of hydrogen-bond donors (Lipinski definition) is 1. The van der Waals surface area contributed by atoms with Crippen molar-refractivity contribution in [2.45, 2.75) is 19.3 Å². The zero-order valence-corrected chi connectivity index (χ0v) is 19.1. The molecule has 6 heteroatoms. The summed E-state index contributed by atoms with van der Waals surface area (Å²) in [5.74, 6) is 0.659. The number of para-hydroxylation sites is 1. The number of rotatable bonds is 6. The van der Waals surface area contributed by atoms with Crippen LogP contribution < -0.4 is 10.2 Å². The van der Waals surface area contributed by atoms with Gasteiger partial charge in [0.05, 0.1) is 6.42 Å². The van der Waals surface area contributed by atoms with Crippen LogP contribution in [0.25, 0.3) is 0 Å². The zero-order chi connectivity index (χ0) is 22.7. The number of amides is 2. The third-order valence-electron chi connectivity index (χ3n) is 7.58. The molecule has 2 aromatic rings. The number of carbonyl (C=O) groups is 2. The summed E-state index contributed by atoms with van der Waals surface area (Å²) in [4.78, 5) is 30.4. The Labute approximate surface area is 195 Å². The van der Waals surface area contributed by atoms with Gasteiger partial charge in [0.2, 0.25) is 11.8 Å². The summed E-state index contributed by atoms with van der Waals surface area (Å²) in [6.45, 7) is 5.33. The van der Waals surface area contributed by atoms with Crippen molar-refractivity contribution in [3.8, 4) is 0 Å². The first-order chi connectivity index (χ1) is 16.1. The van der Waals surface area contributed by atoms with Gasteiger partial charge in [0.1, 0.15) is 0 Å². The Balaban J connectivity index is 1.25. The van der Waals surface area contributed by atoms with Crippen molar-refractivity contribution in [3.05, 3.63) is 66.2 Å². The highest BCUT2D eigenvalue weighted by Gasteiger charge is 2.55. The number of likely N-dealkylation sites (tertiary alicyclic amines) is 1. The van der Waals surface area contributed by atoms with Gasteiger partial charge in [-0.05, 0) is 30.5 Å². The molecule has 0 saturated carbocycles. The predicted molar refractivity (Wildman–Crippen MR) is 128 cm³/mol. The van der Waals surface area contributed by atoms with Crippen molar-refractivity contribution in [2.24, 2.45) is 17.3 Å². The Kier molecular flexibility index (Phi) is 6.36. The van der Waals surface area contributed by atoms with E-state index in [1.165, 1.54) is 5.69 Å². The van der Waals surface area contributed by atoms with E-state index in [0.29, 0.717) is 26.2 Å². The molecule has 0 bridgehead atoms. The van der Waals surface area contributed by atoms with Crippen LogP contribution in [0.1, 0.15) is 18.4 Å². The molecule has 3 fully saturated rings. The Bertz CT molecular complexity index is 953. The summed E-state index contributed by atoms with van der Waals surface area (Å²) in [6.07, 6.45) is 2.02. The number of hydrogen-bond acceptors (Lipinski definition) is 4. The van der Waals surface area contributed by atoms with E-state index in [0.717, 1.165) is 44.6 Å². The van der Waals surface area contributed by atoms with E-state index >= 15 is 0 Å². The average Bonchev–Trinajstić information content (AvgIpc) is 3.23. The standard InChI is InChI=1S/C27H33N3O3/c31-25(15-21-7-3-1-4-8-21)28-16-23-17-29(26(32)22-11-13-33-14-12-22)18-27(23)19-30(20-27)24-9-5-2-6-10-24/h1-10,22-23H,11-20H2,(H,28,31). The summed E-state index contributed by atoms with van der Waals surface area (Å²) >= 11 is 0. The summed E-state index contributed by atoms with van der Waals surface area (Å²) in [7, 11) is 0. The molecule has 1 spiro atoms. The fourth-order valence-electron chi connectivity index (χ4n) is 5.66. The van der Waals surface area contributed by atoms with Crippen molar-refractivity contribution in [2.75, 3.05) is 50.8 Å². The first-order valence-electron chi connectivity index (χ1n) is 12.1. The van der Waals surface area contributed by atoms with E-state index in [9.17, 15) is 9.59 Å². The highest BCUT2D eigenvalue weighted by Crippen LogP contribution is 2.46. The smallest absolute Gasteiger partial charge is 0.225 e. The van der Waals surface area contributed by atoms with E-state index in [-0.39, 0.29) is 29.1 Å². The molecular formula is C27H33N3O3. The fraction of sp³-hybridized carbons (Fsp3) is 0.481. The lowest BCUT2D eigenvalue weighted by atomic mass is 9.71. The number of anilines is 1. The molecule has 0 radical (unpaired) electrons. The van der Waals surface area contributed by atoms with Gasteiger partial charge < -0.3 is 19.9 Å². The summed E-state index contributed by atoms with van der Waals surface area (Å²) in [5.41, 5.74) is 2.28. The quantitative estimate of drug-likeness (QED) is 0.740. The van der Waals surface area contributed by atoms with Crippen LogP contribution in [0.5, 0.6) is 0 Å². The van der Waals surface area contributed by atoms with Gasteiger partial charge in [-0.2, -0.15) is 0 Å². The van der Waals surface area contributed by atoms with Crippen LogP contribution in [0.4, 0.5) is 5.69 Å². The normalized spacial score (nSPS) is 22.2. The molecule has 33 heavy (non-hydrogen) atoms. The van der Waals surface area contributed by atoms with E-state index in [1.54, 1.807) is 0 Å². The first kappa shape index (κ1) is 22.0. The molecule has 3 saturated heterocycles. The lowest BCUT2D eigenvalue weighted by Gasteiger charge is -2.52. The summed E-state index contributed by atoms with van der Waals surface area (Å²) in [6, 6.07) is 20.3. The molecule has 1 atom stereocenters.